The van der Waals surface area contributed by atoms with Gasteiger partial charge in [-0.3, -0.25) is 4.79 Å². The number of rotatable bonds is 4. The monoisotopic (exact) mass is 323 g/mol. The number of anilines is 2. The van der Waals surface area contributed by atoms with Crippen LogP contribution < -0.4 is 15.8 Å². The summed E-state index contributed by atoms with van der Waals surface area (Å²) in [4.78, 5) is 12.4. The van der Waals surface area contributed by atoms with E-state index >= 15 is 0 Å². The Morgan fingerprint density at radius 2 is 1.88 bits per heavy atom. The summed E-state index contributed by atoms with van der Waals surface area (Å²) in [6.07, 6.45) is 0. The molecule has 1 aromatic heterocycles. The summed E-state index contributed by atoms with van der Waals surface area (Å²) in [6, 6.07) is 14.6. The van der Waals surface area contributed by atoms with Crippen molar-refractivity contribution >= 4 is 17.4 Å². The van der Waals surface area contributed by atoms with Crippen LogP contribution in [0.25, 0.3) is 5.69 Å². The smallest absolute Gasteiger partial charge is 0.280 e. The summed E-state index contributed by atoms with van der Waals surface area (Å²) in [5.74, 6) is 0.489. The topological polar surface area (TPSA) is 95.1 Å². The lowest BCUT2D eigenvalue weighted by atomic mass is 10.2. The number of amides is 1. The summed E-state index contributed by atoms with van der Waals surface area (Å²) >= 11 is 0. The van der Waals surface area contributed by atoms with Crippen LogP contribution in [0.3, 0.4) is 0 Å². The van der Waals surface area contributed by atoms with E-state index in [0.717, 1.165) is 11.3 Å². The largest absolute Gasteiger partial charge is 0.497 e. The quantitative estimate of drug-likeness (QED) is 0.769. The number of benzene rings is 2. The number of para-hydroxylation sites is 1. The number of nitrogens with two attached hydrogens (primary N) is 1. The zero-order valence-electron chi connectivity index (χ0n) is 13.4. The Bertz CT molecular complexity index is 871. The summed E-state index contributed by atoms with van der Waals surface area (Å²) < 4.78 is 6.52. The van der Waals surface area contributed by atoms with Crippen LogP contribution in [0.4, 0.5) is 11.5 Å². The average Bonchev–Trinajstić information content (AvgIpc) is 2.98. The highest BCUT2D eigenvalue weighted by Gasteiger charge is 2.19. The molecule has 0 saturated carbocycles. The maximum atomic E-state index is 12.4. The van der Waals surface area contributed by atoms with Crippen LogP contribution in [-0.4, -0.2) is 28.0 Å². The Morgan fingerprint density at radius 3 is 2.54 bits per heavy atom. The minimum absolute atomic E-state index is 0.0778. The van der Waals surface area contributed by atoms with E-state index in [1.165, 1.54) is 4.68 Å². The summed E-state index contributed by atoms with van der Waals surface area (Å²) in [7, 11) is 1.59. The molecule has 3 N–H and O–H groups in total. The van der Waals surface area contributed by atoms with Crippen molar-refractivity contribution in [2.24, 2.45) is 0 Å². The summed E-state index contributed by atoms with van der Waals surface area (Å²) in [5.41, 5.74) is 8.47. The van der Waals surface area contributed by atoms with Crippen LogP contribution >= 0.6 is 0 Å². The third-order valence-electron chi connectivity index (χ3n) is 3.63. The van der Waals surface area contributed by atoms with E-state index in [0.29, 0.717) is 11.4 Å². The van der Waals surface area contributed by atoms with Crippen LogP contribution in [0, 0.1) is 6.92 Å². The van der Waals surface area contributed by atoms with E-state index in [4.69, 9.17) is 10.5 Å². The number of carbonyl (C=O) groups excluding carboxylic acids is 1. The number of aryl methyl sites for hydroxylation is 1. The van der Waals surface area contributed by atoms with Crippen molar-refractivity contribution in [1.29, 1.82) is 0 Å². The molecule has 0 unspecified atom stereocenters. The third kappa shape index (κ3) is 2.91. The van der Waals surface area contributed by atoms with E-state index in [1.54, 1.807) is 31.4 Å². The van der Waals surface area contributed by atoms with E-state index in [1.807, 2.05) is 31.2 Å². The van der Waals surface area contributed by atoms with Gasteiger partial charge >= 0.3 is 0 Å². The average molecular weight is 323 g/mol. The second-order valence-corrected chi connectivity index (χ2v) is 5.20. The maximum absolute atomic E-state index is 12.4. The van der Waals surface area contributed by atoms with Crippen LogP contribution in [0.5, 0.6) is 5.75 Å². The number of nitrogens with zero attached hydrogens (tertiary/aromatic N) is 3. The van der Waals surface area contributed by atoms with Crippen molar-refractivity contribution < 1.29 is 9.53 Å². The van der Waals surface area contributed by atoms with Gasteiger partial charge in [0.25, 0.3) is 5.91 Å². The van der Waals surface area contributed by atoms with Crippen molar-refractivity contribution in [3.05, 3.63) is 59.8 Å². The molecule has 0 atom stereocenters. The summed E-state index contributed by atoms with van der Waals surface area (Å²) in [5, 5.41) is 10.7. The Kier molecular flexibility index (Phi) is 4.15. The Labute approximate surface area is 139 Å². The molecule has 3 aromatic rings. The zero-order chi connectivity index (χ0) is 17.1. The first-order chi connectivity index (χ1) is 11.6. The van der Waals surface area contributed by atoms with Crippen molar-refractivity contribution in [2.75, 3.05) is 18.2 Å². The van der Waals surface area contributed by atoms with Gasteiger partial charge < -0.3 is 15.8 Å². The van der Waals surface area contributed by atoms with Gasteiger partial charge in [0.1, 0.15) is 5.75 Å². The molecule has 0 radical (unpaired) electrons. The number of carbonyl (C=O) groups is 1. The van der Waals surface area contributed by atoms with Crippen LogP contribution in [0.2, 0.25) is 0 Å². The van der Waals surface area contributed by atoms with Gasteiger partial charge in [-0.1, -0.05) is 23.4 Å². The van der Waals surface area contributed by atoms with Gasteiger partial charge in [0.2, 0.25) is 0 Å². The molecule has 0 aliphatic rings. The molecule has 1 heterocycles. The number of ether oxygens (including phenoxy) is 1. The van der Waals surface area contributed by atoms with Crippen LogP contribution in [0.15, 0.2) is 48.5 Å². The minimum Gasteiger partial charge on any atom is -0.497 e. The first-order valence-electron chi connectivity index (χ1n) is 7.32. The normalized spacial score (nSPS) is 10.4. The second-order valence-electron chi connectivity index (χ2n) is 5.20. The predicted octanol–water partition coefficient (Wildman–Crippen LogP) is 2.42. The number of aromatic nitrogens is 3. The molecule has 7 heteroatoms. The maximum Gasteiger partial charge on any atom is 0.280 e. The second kappa shape index (κ2) is 6.41. The van der Waals surface area contributed by atoms with Gasteiger partial charge in [-0.15, -0.1) is 5.10 Å². The Balaban J connectivity index is 1.86. The van der Waals surface area contributed by atoms with Crippen molar-refractivity contribution in [3.8, 4) is 11.4 Å². The number of hydrogen-bond donors (Lipinski definition) is 2. The molecule has 1 amide bonds. The van der Waals surface area contributed by atoms with E-state index < -0.39 is 5.91 Å². The molecule has 0 aliphatic heterocycles. The fraction of sp³-hybridized carbons (Fsp3) is 0.118. The van der Waals surface area contributed by atoms with E-state index in [2.05, 4.69) is 15.6 Å². The summed E-state index contributed by atoms with van der Waals surface area (Å²) in [6.45, 7) is 1.91. The van der Waals surface area contributed by atoms with Crippen LogP contribution in [0.1, 0.15) is 16.1 Å². The fourth-order valence-corrected chi connectivity index (χ4v) is 2.26. The van der Waals surface area contributed by atoms with Gasteiger partial charge in [0.15, 0.2) is 11.5 Å². The lowest BCUT2D eigenvalue weighted by Crippen LogP contribution is -2.15. The molecule has 0 bridgehead atoms. The van der Waals surface area contributed by atoms with Gasteiger partial charge in [0, 0.05) is 5.69 Å². The third-order valence-corrected chi connectivity index (χ3v) is 3.63. The number of nitrogens with one attached hydrogen (secondary N) is 1. The van der Waals surface area contributed by atoms with Crippen molar-refractivity contribution in [2.45, 2.75) is 6.92 Å². The number of nitrogen functional groups attached to an aromatic ring is 1. The predicted molar refractivity (Wildman–Crippen MR) is 91.5 cm³/mol. The van der Waals surface area contributed by atoms with Crippen molar-refractivity contribution in [3.63, 3.8) is 0 Å². The molecular weight excluding hydrogens is 306 g/mol. The Hall–Kier alpha value is -3.35. The molecular formula is C17H17N5O2. The van der Waals surface area contributed by atoms with Gasteiger partial charge in [-0.05, 0) is 42.8 Å². The Morgan fingerprint density at radius 1 is 1.17 bits per heavy atom. The molecule has 122 valence electrons. The van der Waals surface area contributed by atoms with E-state index in [-0.39, 0.29) is 11.5 Å². The number of methoxy groups -OCH3 is 1. The highest BCUT2D eigenvalue weighted by atomic mass is 16.5. The first-order valence-corrected chi connectivity index (χ1v) is 7.32. The first kappa shape index (κ1) is 15.5. The highest BCUT2D eigenvalue weighted by molar-refractivity contribution is 6.06. The molecule has 7 nitrogen and oxygen atoms in total. The molecule has 0 fully saturated rings. The minimum atomic E-state index is -0.401. The van der Waals surface area contributed by atoms with Gasteiger partial charge in [-0.2, -0.15) is 4.68 Å². The zero-order valence-corrected chi connectivity index (χ0v) is 13.4. The molecule has 0 saturated heterocycles. The van der Waals surface area contributed by atoms with Crippen LogP contribution in [-0.2, 0) is 0 Å². The molecule has 0 aliphatic carbocycles. The highest BCUT2D eigenvalue weighted by Crippen LogP contribution is 2.20. The van der Waals surface area contributed by atoms with Gasteiger partial charge in [0.05, 0.1) is 12.8 Å². The fourth-order valence-electron chi connectivity index (χ4n) is 2.26. The molecule has 0 spiro atoms. The van der Waals surface area contributed by atoms with E-state index in [9.17, 15) is 4.79 Å². The standard InChI is InChI=1S/C17H17N5O2/c1-11-5-3-4-6-14(11)19-17(23)15-16(18)22(21-20-15)12-7-9-13(24-2)10-8-12/h3-10H,18H2,1-2H3,(H,19,23). The SMILES string of the molecule is COc1ccc(-n2nnc(C(=O)Nc3ccccc3C)c2N)cc1. The van der Waals surface area contributed by atoms with Gasteiger partial charge in [-0.25, -0.2) is 0 Å². The lowest BCUT2D eigenvalue weighted by molar-refractivity contribution is 0.102. The van der Waals surface area contributed by atoms with Crippen molar-refractivity contribution in [1.82, 2.24) is 15.0 Å². The number of hydrogen-bond acceptors (Lipinski definition) is 5. The molecule has 3 rings (SSSR count). The molecule has 24 heavy (non-hydrogen) atoms. The molecule has 2 aromatic carbocycles. The lowest BCUT2D eigenvalue weighted by Gasteiger charge is -2.07.